The largest absolute Gasteiger partial charge is 0.508 e. The summed E-state index contributed by atoms with van der Waals surface area (Å²) in [5.74, 6) is -0.368. The van der Waals surface area contributed by atoms with Crippen LogP contribution in [0.15, 0.2) is 22.5 Å². The van der Waals surface area contributed by atoms with Crippen LogP contribution in [-0.4, -0.2) is 38.5 Å². The summed E-state index contributed by atoms with van der Waals surface area (Å²) in [5.41, 5.74) is 0.189. The number of aromatic hydroxyl groups is 2. The van der Waals surface area contributed by atoms with E-state index in [0.717, 1.165) is 24.2 Å². The molecule has 0 radical (unpaired) electrons. The van der Waals surface area contributed by atoms with Crippen molar-refractivity contribution in [2.24, 2.45) is 0 Å². The van der Waals surface area contributed by atoms with Crippen LogP contribution in [0.25, 0.3) is 0 Å². The lowest BCUT2D eigenvalue weighted by atomic mass is 10.1. The molecule has 1 heterocycles. The summed E-state index contributed by atoms with van der Waals surface area (Å²) < 4.78 is 0.695. The van der Waals surface area contributed by atoms with E-state index in [1.807, 2.05) is 0 Å². The number of Topliss-reactive ketones (excluding diaryl/α,β-unsaturated/α-hetero) is 1. The molecule has 0 aliphatic heterocycles. The molecule has 0 saturated heterocycles. The second kappa shape index (κ2) is 7.28. The zero-order chi connectivity index (χ0) is 15.2. The highest BCUT2D eigenvalue weighted by atomic mass is 32.2. The van der Waals surface area contributed by atoms with Gasteiger partial charge in [-0.2, -0.15) is 0 Å². The molecule has 0 bridgehead atoms. The number of hydrogen-bond acceptors (Lipinski definition) is 8. The van der Waals surface area contributed by atoms with Gasteiger partial charge in [-0.25, -0.2) is 0 Å². The van der Waals surface area contributed by atoms with E-state index in [4.69, 9.17) is 0 Å². The zero-order valence-electron chi connectivity index (χ0n) is 11.4. The van der Waals surface area contributed by atoms with E-state index in [2.05, 4.69) is 22.4 Å². The molecular weight excluding hydrogens is 310 g/mol. The van der Waals surface area contributed by atoms with E-state index in [9.17, 15) is 15.0 Å². The monoisotopic (exact) mass is 325 g/mol. The highest BCUT2D eigenvalue weighted by Gasteiger charge is 2.13. The lowest BCUT2D eigenvalue weighted by Gasteiger charge is -2.03. The minimum Gasteiger partial charge on any atom is -0.508 e. The molecule has 0 saturated carbocycles. The maximum absolute atomic E-state index is 12.0. The first kappa shape index (κ1) is 15.6. The minimum absolute atomic E-state index is 0.0764. The molecular formula is C13H15N3O3S2. The number of anilines is 1. The molecule has 21 heavy (non-hydrogen) atoms. The number of carbonyl (C=O) groups is 1. The molecule has 112 valence electrons. The number of aromatic nitrogens is 2. The fraction of sp³-hybridized carbons (Fsp3) is 0.308. The van der Waals surface area contributed by atoms with Crippen LogP contribution in [0.2, 0.25) is 0 Å². The van der Waals surface area contributed by atoms with E-state index in [-0.39, 0.29) is 28.6 Å². The molecule has 2 rings (SSSR count). The fourth-order valence-corrected chi connectivity index (χ4v) is 3.19. The van der Waals surface area contributed by atoms with Gasteiger partial charge in [-0.3, -0.25) is 4.79 Å². The summed E-state index contributed by atoms with van der Waals surface area (Å²) in [6.45, 7) is 2.89. The van der Waals surface area contributed by atoms with Crippen LogP contribution in [0, 0.1) is 0 Å². The van der Waals surface area contributed by atoms with Gasteiger partial charge in [0.25, 0.3) is 0 Å². The lowest BCUT2D eigenvalue weighted by Crippen LogP contribution is -2.02. The van der Waals surface area contributed by atoms with Crippen molar-refractivity contribution < 1.29 is 15.0 Å². The van der Waals surface area contributed by atoms with Crippen LogP contribution in [0.3, 0.4) is 0 Å². The Kier molecular flexibility index (Phi) is 5.40. The van der Waals surface area contributed by atoms with Gasteiger partial charge >= 0.3 is 0 Å². The van der Waals surface area contributed by atoms with E-state index >= 15 is 0 Å². The van der Waals surface area contributed by atoms with Crippen LogP contribution in [0.5, 0.6) is 11.5 Å². The van der Waals surface area contributed by atoms with Gasteiger partial charge in [0.1, 0.15) is 11.5 Å². The number of rotatable bonds is 7. The van der Waals surface area contributed by atoms with Crippen LogP contribution < -0.4 is 5.32 Å². The predicted octanol–water partition coefficient (Wildman–Crippen LogP) is 2.75. The van der Waals surface area contributed by atoms with Crippen molar-refractivity contribution in [2.45, 2.75) is 17.7 Å². The highest BCUT2D eigenvalue weighted by molar-refractivity contribution is 8.01. The fourth-order valence-electron chi connectivity index (χ4n) is 1.53. The number of ketones is 1. The van der Waals surface area contributed by atoms with E-state index in [0.29, 0.717) is 4.34 Å². The Labute approximate surface area is 130 Å². The van der Waals surface area contributed by atoms with Gasteiger partial charge in [0.2, 0.25) is 5.13 Å². The van der Waals surface area contributed by atoms with Gasteiger partial charge in [-0.15, -0.1) is 10.2 Å². The Hall–Kier alpha value is -1.80. The third kappa shape index (κ3) is 4.33. The molecule has 1 aromatic heterocycles. The van der Waals surface area contributed by atoms with Crippen molar-refractivity contribution in [3.63, 3.8) is 0 Å². The molecule has 0 spiro atoms. The normalized spacial score (nSPS) is 10.5. The SMILES string of the molecule is CCCNc1nnc(SCC(=O)c2ccc(O)cc2O)s1. The van der Waals surface area contributed by atoms with E-state index in [1.165, 1.54) is 35.2 Å². The Balaban J connectivity index is 1.93. The summed E-state index contributed by atoms with van der Waals surface area (Å²) in [5, 5.41) is 30.7. The highest BCUT2D eigenvalue weighted by Crippen LogP contribution is 2.28. The van der Waals surface area contributed by atoms with E-state index < -0.39 is 0 Å². The maximum atomic E-state index is 12.0. The quantitative estimate of drug-likeness (QED) is 0.532. The van der Waals surface area contributed by atoms with Crippen LogP contribution in [-0.2, 0) is 0 Å². The Morgan fingerprint density at radius 2 is 2.19 bits per heavy atom. The zero-order valence-corrected chi connectivity index (χ0v) is 13.0. The summed E-state index contributed by atoms with van der Waals surface area (Å²) in [6, 6.07) is 3.92. The van der Waals surface area contributed by atoms with Gasteiger partial charge in [-0.1, -0.05) is 30.0 Å². The second-order valence-electron chi connectivity index (χ2n) is 4.21. The van der Waals surface area contributed by atoms with Crippen LogP contribution in [0.4, 0.5) is 5.13 Å². The number of hydrogen-bond donors (Lipinski definition) is 3. The first-order valence-corrected chi connectivity index (χ1v) is 8.15. The number of phenolic OH excluding ortho intramolecular Hbond substituents is 2. The number of benzene rings is 1. The number of thioether (sulfide) groups is 1. The van der Waals surface area contributed by atoms with Crippen molar-refractivity contribution in [1.82, 2.24) is 10.2 Å². The number of phenols is 2. The van der Waals surface area contributed by atoms with Gasteiger partial charge in [0, 0.05) is 12.6 Å². The molecule has 0 aliphatic rings. The maximum Gasteiger partial charge on any atom is 0.206 e. The Morgan fingerprint density at radius 3 is 2.90 bits per heavy atom. The molecule has 0 atom stereocenters. The first-order valence-electron chi connectivity index (χ1n) is 6.35. The topological polar surface area (TPSA) is 95.3 Å². The van der Waals surface area contributed by atoms with Gasteiger partial charge < -0.3 is 15.5 Å². The molecule has 1 aromatic carbocycles. The number of carbonyl (C=O) groups excluding carboxylic acids is 1. The van der Waals surface area contributed by atoms with E-state index in [1.54, 1.807) is 0 Å². The average Bonchev–Trinajstić information content (AvgIpc) is 2.90. The van der Waals surface area contributed by atoms with Gasteiger partial charge in [0.05, 0.1) is 11.3 Å². The third-order valence-corrected chi connectivity index (χ3v) is 4.56. The number of nitrogens with one attached hydrogen (secondary N) is 1. The number of nitrogens with zero attached hydrogens (tertiary/aromatic N) is 2. The first-order chi connectivity index (χ1) is 10.1. The molecule has 0 amide bonds. The average molecular weight is 325 g/mol. The smallest absolute Gasteiger partial charge is 0.206 e. The molecule has 6 nitrogen and oxygen atoms in total. The molecule has 0 aliphatic carbocycles. The predicted molar refractivity (Wildman–Crippen MR) is 83.5 cm³/mol. The molecule has 3 N–H and O–H groups in total. The molecule has 2 aromatic rings. The van der Waals surface area contributed by atoms with Crippen molar-refractivity contribution in [3.05, 3.63) is 23.8 Å². The summed E-state index contributed by atoms with van der Waals surface area (Å²) in [7, 11) is 0. The second-order valence-corrected chi connectivity index (χ2v) is 6.41. The summed E-state index contributed by atoms with van der Waals surface area (Å²) in [6.07, 6.45) is 1.00. The molecule has 8 heteroatoms. The van der Waals surface area contributed by atoms with Gasteiger partial charge in [0.15, 0.2) is 10.1 Å². The van der Waals surface area contributed by atoms with Crippen molar-refractivity contribution in [2.75, 3.05) is 17.6 Å². The molecule has 0 unspecified atom stereocenters. The lowest BCUT2D eigenvalue weighted by molar-refractivity contribution is 0.102. The van der Waals surface area contributed by atoms with Gasteiger partial charge in [-0.05, 0) is 18.6 Å². The van der Waals surface area contributed by atoms with Crippen molar-refractivity contribution in [3.8, 4) is 11.5 Å². The van der Waals surface area contributed by atoms with Crippen molar-refractivity contribution in [1.29, 1.82) is 0 Å². The summed E-state index contributed by atoms with van der Waals surface area (Å²) >= 11 is 2.66. The summed E-state index contributed by atoms with van der Waals surface area (Å²) in [4.78, 5) is 12.0. The van der Waals surface area contributed by atoms with Crippen LogP contribution >= 0.6 is 23.1 Å². The standard InChI is InChI=1S/C13H15N3O3S2/c1-2-5-14-12-15-16-13(21-12)20-7-11(19)9-4-3-8(17)6-10(9)18/h3-4,6,17-18H,2,5,7H2,1H3,(H,14,15). The third-order valence-electron chi connectivity index (χ3n) is 2.54. The molecule has 0 fully saturated rings. The van der Waals surface area contributed by atoms with Crippen LogP contribution in [0.1, 0.15) is 23.7 Å². The Morgan fingerprint density at radius 1 is 1.38 bits per heavy atom. The minimum atomic E-state index is -0.226. The Bertz CT molecular complexity index is 631. The van der Waals surface area contributed by atoms with Crippen molar-refractivity contribution >= 4 is 34.0 Å².